The average Bonchev–Trinajstić information content (AvgIpc) is 2.89. The number of nitrogens with zero attached hydrogens (tertiary/aromatic N) is 1. The summed E-state index contributed by atoms with van der Waals surface area (Å²) in [7, 11) is 0. The molecule has 0 amide bonds. The summed E-state index contributed by atoms with van der Waals surface area (Å²) < 4.78 is 0. The van der Waals surface area contributed by atoms with E-state index < -0.39 is 11.9 Å². The monoisotopic (exact) mass is 262 g/mol. The van der Waals surface area contributed by atoms with Gasteiger partial charge in [-0.15, -0.1) is 0 Å². The first kappa shape index (κ1) is 12.9. The number of nitrogens with one attached hydrogen (secondary N) is 1. The van der Waals surface area contributed by atoms with E-state index >= 15 is 0 Å². The first-order chi connectivity index (χ1) is 9.06. The first-order valence-electron chi connectivity index (χ1n) is 5.82. The fourth-order valence-corrected chi connectivity index (χ4v) is 1.90. The molecule has 1 aromatic rings. The van der Waals surface area contributed by atoms with Gasteiger partial charge in [0.15, 0.2) is 0 Å². The highest BCUT2D eigenvalue weighted by atomic mass is 16.4. The van der Waals surface area contributed by atoms with E-state index in [1.165, 1.54) is 12.4 Å². The van der Waals surface area contributed by atoms with E-state index in [1.807, 2.05) is 18.3 Å². The molecule has 0 unspecified atom stereocenters. The van der Waals surface area contributed by atoms with Gasteiger partial charge >= 0.3 is 11.9 Å². The molecule has 0 aromatic carbocycles. The lowest BCUT2D eigenvalue weighted by Gasteiger charge is -2.22. The minimum atomic E-state index is -1.09. The maximum absolute atomic E-state index is 11.0. The lowest BCUT2D eigenvalue weighted by Crippen LogP contribution is -2.23. The van der Waals surface area contributed by atoms with Crippen molar-refractivity contribution in [1.29, 1.82) is 0 Å². The molecular formula is C13H14N2O4. The van der Waals surface area contributed by atoms with Crippen molar-refractivity contribution in [2.24, 2.45) is 0 Å². The molecular weight excluding hydrogens is 248 g/mol. The van der Waals surface area contributed by atoms with Crippen LogP contribution in [-0.2, 0) is 16.0 Å². The number of hydrogen-bond acceptors (Lipinski definition) is 3. The standard InChI is InChI=1S/C13H14N2O4/c16-12(17)9-6-10(13(18)19)8-15(7-9)5-3-11-2-1-4-14-11/h1-2,4,7-8,14H,3,5-6H2,(H,16,17)(H,18,19). The third kappa shape index (κ3) is 3.25. The van der Waals surface area contributed by atoms with Crippen LogP contribution in [0.15, 0.2) is 41.9 Å². The van der Waals surface area contributed by atoms with Gasteiger partial charge < -0.3 is 20.1 Å². The number of carbonyl (C=O) groups is 2. The number of aliphatic carboxylic acids is 2. The van der Waals surface area contributed by atoms with Crippen molar-refractivity contribution in [3.05, 3.63) is 47.6 Å². The molecule has 0 spiro atoms. The number of H-pyrrole nitrogens is 1. The molecule has 0 radical (unpaired) electrons. The van der Waals surface area contributed by atoms with Gasteiger partial charge in [0.05, 0.1) is 11.1 Å². The highest BCUT2D eigenvalue weighted by molar-refractivity contribution is 5.93. The van der Waals surface area contributed by atoms with Crippen LogP contribution in [0.25, 0.3) is 0 Å². The van der Waals surface area contributed by atoms with Gasteiger partial charge in [0.25, 0.3) is 0 Å². The molecule has 0 saturated carbocycles. The Morgan fingerprint density at radius 3 is 2.32 bits per heavy atom. The Balaban J connectivity index is 2.09. The molecule has 1 aliphatic rings. The van der Waals surface area contributed by atoms with E-state index in [1.54, 1.807) is 4.90 Å². The average molecular weight is 262 g/mol. The fraction of sp³-hybridized carbons (Fsp3) is 0.231. The van der Waals surface area contributed by atoms with Crippen LogP contribution >= 0.6 is 0 Å². The van der Waals surface area contributed by atoms with E-state index in [4.69, 9.17) is 10.2 Å². The molecule has 0 atom stereocenters. The Bertz CT molecular complexity index is 513. The number of hydrogen-bond donors (Lipinski definition) is 3. The summed E-state index contributed by atoms with van der Waals surface area (Å²) in [6.45, 7) is 0.522. The Morgan fingerprint density at radius 2 is 1.84 bits per heavy atom. The van der Waals surface area contributed by atoms with Crippen molar-refractivity contribution >= 4 is 11.9 Å². The molecule has 6 heteroatoms. The van der Waals surface area contributed by atoms with Crippen LogP contribution in [0.1, 0.15) is 12.1 Å². The van der Waals surface area contributed by atoms with E-state index in [-0.39, 0.29) is 17.6 Å². The summed E-state index contributed by atoms with van der Waals surface area (Å²) in [6.07, 6.45) is 5.40. The van der Waals surface area contributed by atoms with E-state index in [2.05, 4.69) is 4.98 Å². The number of carboxylic acids is 2. The second-order valence-electron chi connectivity index (χ2n) is 4.28. The number of aromatic nitrogens is 1. The van der Waals surface area contributed by atoms with Crippen molar-refractivity contribution < 1.29 is 19.8 Å². The zero-order valence-corrected chi connectivity index (χ0v) is 10.2. The van der Waals surface area contributed by atoms with Crippen LogP contribution in [-0.4, -0.2) is 38.6 Å². The van der Waals surface area contributed by atoms with Crippen LogP contribution in [0, 0.1) is 0 Å². The van der Waals surface area contributed by atoms with Gasteiger partial charge in [-0.2, -0.15) is 0 Å². The molecule has 0 saturated heterocycles. The third-order valence-corrected chi connectivity index (χ3v) is 2.88. The second kappa shape index (κ2) is 5.43. The molecule has 3 N–H and O–H groups in total. The van der Waals surface area contributed by atoms with Gasteiger partial charge in [-0.1, -0.05) is 0 Å². The van der Waals surface area contributed by atoms with Gasteiger partial charge in [-0.25, -0.2) is 9.59 Å². The van der Waals surface area contributed by atoms with E-state index in [0.29, 0.717) is 13.0 Å². The first-order valence-corrected chi connectivity index (χ1v) is 5.82. The Hall–Kier alpha value is -2.50. The summed E-state index contributed by atoms with van der Waals surface area (Å²) in [4.78, 5) is 26.6. The lowest BCUT2D eigenvalue weighted by molar-refractivity contribution is -0.133. The molecule has 19 heavy (non-hydrogen) atoms. The summed E-state index contributed by atoms with van der Waals surface area (Å²) in [5, 5.41) is 18.0. The van der Waals surface area contributed by atoms with Gasteiger partial charge in [0, 0.05) is 43.7 Å². The Kier molecular flexibility index (Phi) is 3.70. The van der Waals surface area contributed by atoms with Crippen LogP contribution in [0.5, 0.6) is 0 Å². The maximum Gasteiger partial charge on any atom is 0.333 e. The van der Waals surface area contributed by atoms with E-state index in [9.17, 15) is 9.59 Å². The quantitative estimate of drug-likeness (QED) is 0.741. The van der Waals surface area contributed by atoms with Crippen molar-refractivity contribution in [3.63, 3.8) is 0 Å². The van der Waals surface area contributed by atoms with Gasteiger partial charge in [0.2, 0.25) is 0 Å². The molecule has 2 heterocycles. The molecule has 100 valence electrons. The topological polar surface area (TPSA) is 93.6 Å². The maximum atomic E-state index is 11.0. The fourth-order valence-electron chi connectivity index (χ4n) is 1.90. The number of rotatable bonds is 5. The Morgan fingerprint density at radius 1 is 1.21 bits per heavy atom. The lowest BCUT2D eigenvalue weighted by atomic mass is 10.0. The molecule has 0 fully saturated rings. The predicted octanol–water partition coefficient (Wildman–Crippen LogP) is 1.20. The summed E-state index contributed by atoms with van der Waals surface area (Å²) in [5.41, 5.74) is 1.19. The molecule has 1 aliphatic heterocycles. The Labute approximate surface area is 109 Å². The minimum Gasteiger partial charge on any atom is -0.478 e. The molecule has 0 aliphatic carbocycles. The number of carboxylic acid groups (broad SMARTS) is 2. The molecule has 6 nitrogen and oxygen atoms in total. The molecule has 0 bridgehead atoms. The molecule has 2 rings (SSSR count). The van der Waals surface area contributed by atoms with Gasteiger partial charge in [0.1, 0.15) is 0 Å². The smallest absolute Gasteiger partial charge is 0.333 e. The zero-order chi connectivity index (χ0) is 13.8. The summed E-state index contributed by atoms with van der Waals surface area (Å²) in [5.74, 6) is -2.17. The predicted molar refractivity (Wildman–Crippen MR) is 67.3 cm³/mol. The summed E-state index contributed by atoms with van der Waals surface area (Å²) >= 11 is 0. The molecule has 1 aromatic heterocycles. The summed E-state index contributed by atoms with van der Waals surface area (Å²) in [6, 6.07) is 3.80. The van der Waals surface area contributed by atoms with Crippen molar-refractivity contribution in [2.45, 2.75) is 12.8 Å². The van der Waals surface area contributed by atoms with Crippen LogP contribution in [0.4, 0.5) is 0 Å². The van der Waals surface area contributed by atoms with Gasteiger partial charge in [-0.05, 0) is 12.1 Å². The van der Waals surface area contributed by atoms with Crippen molar-refractivity contribution in [3.8, 4) is 0 Å². The van der Waals surface area contributed by atoms with Crippen LogP contribution < -0.4 is 0 Å². The number of aromatic amines is 1. The minimum absolute atomic E-state index is 0.0519. The SMILES string of the molecule is O=C(O)C1=CN(CCc2ccc[nH]2)C=C(C(=O)O)C1. The third-order valence-electron chi connectivity index (χ3n) is 2.88. The highest BCUT2D eigenvalue weighted by Crippen LogP contribution is 2.19. The van der Waals surface area contributed by atoms with Gasteiger partial charge in [-0.3, -0.25) is 0 Å². The van der Waals surface area contributed by atoms with E-state index in [0.717, 1.165) is 5.69 Å². The normalized spacial score (nSPS) is 14.8. The largest absolute Gasteiger partial charge is 0.478 e. The van der Waals surface area contributed by atoms with Crippen molar-refractivity contribution in [2.75, 3.05) is 6.54 Å². The van der Waals surface area contributed by atoms with Crippen LogP contribution in [0.2, 0.25) is 0 Å². The highest BCUT2D eigenvalue weighted by Gasteiger charge is 2.21. The van der Waals surface area contributed by atoms with Crippen LogP contribution in [0.3, 0.4) is 0 Å². The van der Waals surface area contributed by atoms with Crippen molar-refractivity contribution in [1.82, 2.24) is 9.88 Å². The zero-order valence-electron chi connectivity index (χ0n) is 10.2. The second-order valence-corrected chi connectivity index (χ2v) is 4.28.